The average Bonchev–Trinajstić information content (AvgIpc) is 3.53. The van der Waals surface area contributed by atoms with E-state index in [-0.39, 0.29) is 0 Å². The maximum absolute atomic E-state index is 12.2. The van der Waals surface area contributed by atoms with Gasteiger partial charge in [-0.25, -0.2) is 8.42 Å². The van der Waals surface area contributed by atoms with E-state index in [1.165, 1.54) is 4.31 Å². The highest BCUT2D eigenvalue weighted by Gasteiger charge is 2.28. The van der Waals surface area contributed by atoms with E-state index in [2.05, 4.69) is 35.6 Å². The number of ether oxygens (including phenoxy) is 1. The number of rotatable bonds is 7. The number of aromatic nitrogens is 2. The Bertz CT molecular complexity index is 1410. The highest BCUT2D eigenvalue weighted by molar-refractivity contribution is 7.92. The highest BCUT2D eigenvalue weighted by Crippen LogP contribution is 2.38. The van der Waals surface area contributed by atoms with Gasteiger partial charge in [-0.3, -0.25) is 0 Å². The molecule has 36 heavy (non-hydrogen) atoms. The third-order valence-electron chi connectivity index (χ3n) is 6.84. The van der Waals surface area contributed by atoms with Crippen molar-refractivity contribution in [1.82, 2.24) is 19.2 Å². The molecule has 2 fully saturated rings. The number of piperazine rings is 1. The minimum absolute atomic E-state index is 0.340. The van der Waals surface area contributed by atoms with Crippen LogP contribution in [0.2, 0.25) is 0 Å². The molecule has 2 aromatic heterocycles. The Balaban J connectivity index is 1.47. The predicted octanol–water partition coefficient (Wildman–Crippen LogP) is 3.30. The topological polar surface area (TPSA) is 103 Å². The van der Waals surface area contributed by atoms with E-state index in [0.29, 0.717) is 50.4 Å². The van der Waals surface area contributed by atoms with Gasteiger partial charge in [0.05, 0.1) is 17.0 Å². The molecule has 2 aliphatic heterocycles. The van der Waals surface area contributed by atoms with Crippen molar-refractivity contribution >= 4 is 37.4 Å². The normalized spacial score (nSPS) is 19.4. The van der Waals surface area contributed by atoms with Crippen molar-refractivity contribution in [3.05, 3.63) is 47.9 Å². The number of likely N-dealkylation sites (N-methyl/N-ethyl adjacent to an activating group) is 1. The number of benzene rings is 1. The molecule has 11 heteroatoms. The van der Waals surface area contributed by atoms with E-state index in [9.17, 15) is 8.42 Å². The van der Waals surface area contributed by atoms with Crippen LogP contribution in [0.25, 0.3) is 20.7 Å². The first kappa shape index (κ1) is 24.6. The minimum Gasteiger partial charge on any atom is -0.462 e. The van der Waals surface area contributed by atoms with Crippen LogP contribution in [0, 0.1) is 11.3 Å². The molecule has 5 rings (SSSR count). The number of hydrogen-bond donors (Lipinski definition) is 0. The third-order valence-corrected chi connectivity index (χ3v) is 9.42. The zero-order valence-corrected chi connectivity index (χ0v) is 21.8. The molecule has 0 unspecified atom stereocenters. The van der Waals surface area contributed by atoms with Crippen LogP contribution >= 0.6 is 11.3 Å². The first-order chi connectivity index (χ1) is 17.4. The lowest BCUT2D eigenvalue weighted by Gasteiger charge is -2.34. The van der Waals surface area contributed by atoms with Gasteiger partial charge in [0.25, 0.3) is 0 Å². The number of nitriles is 1. The summed E-state index contributed by atoms with van der Waals surface area (Å²) in [5, 5.41) is 11.0. The number of sulfonamides is 1. The number of hydrogen-bond acceptors (Lipinski definition) is 9. The third kappa shape index (κ3) is 4.95. The summed E-state index contributed by atoms with van der Waals surface area (Å²) in [6.45, 7) is 6.76. The van der Waals surface area contributed by atoms with Gasteiger partial charge >= 0.3 is 6.01 Å². The number of anilines is 1. The van der Waals surface area contributed by atoms with Gasteiger partial charge in [0.15, 0.2) is 0 Å². The SMILES string of the molecule is C=CS(=O)(=O)N1CCN(c2nc(OC[C@H]3CCCN3C)nc3sc(-c4ccc(C#N)cc4)cc23)CC1. The van der Waals surface area contributed by atoms with Gasteiger partial charge < -0.3 is 14.5 Å². The molecular weight excluding hydrogens is 496 g/mol. The summed E-state index contributed by atoms with van der Waals surface area (Å²) < 4.78 is 32.0. The fraction of sp³-hybridized carbons (Fsp3) is 0.400. The fourth-order valence-corrected chi connectivity index (χ4v) is 6.57. The smallest absolute Gasteiger partial charge is 0.319 e. The van der Waals surface area contributed by atoms with Crippen molar-refractivity contribution < 1.29 is 13.2 Å². The van der Waals surface area contributed by atoms with E-state index in [4.69, 9.17) is 20.0 Å². The lowest BCUT2D eigenvalue weighted by molar-refractivity contribution is 0.188. The van der Waals surface area contributed by atoms with Gasteiger partial charge in [-0.1, -0.05) is 18.7 Å². The maximum Gasteiger partial charge on any atom is 0.319 e. The van der Waals surface area contributed by atoms with E-state index in [1.807, 2.05) is 12.1 Å². The van der Waals surface area contributed by atoms with Crippen molar-refractivity contribution in [2.24, 2.45) is 0 Å². The zero-order chi connectivity index (χ0) is 25.3. The molecule has 0 amide bonds. The van der Waals surface area contributed by atoms with Crippen molar-refractivity contribution in [2.45, 2.75) is 18.9 Å². The Morgan fingerprint density at radius 3 is 2.58 bits per heavy atom. The molecule has 4 heterocycles. The lowest BCUT2D eigenvalue weighted by atomic mass is 10.1. The molecule has 3 aromatic rings. The Kier molecular flexibility index (Phi) is 6.94. The molecule has 0 radical (unpaired) electrons. The van der Waals surface area contributed by atoms with Gasteiger partial charge in [0, 0.05) is 42.5 Å². The van der Waals surface area contributed by atoms with Crippen LogP contribution in [0.3, 0.4) is 0 Å². The van der Waals surface area contributed by atoms with E-state index in [1.54, 1.807) is 23.5 Å². The van der Waals surface area contributed by atoms with Crippen LogP contribution in [0.5, 0.6) is 6.01 Å². The molecule has 0 saturated carbocycles. The summed E-state index contributed by atoms with van der Waals surface area (Å²) in [7, 11) is -1.34. The summed E-state index contributed by atoms with van der Waals surface area (Å²) in [5.74, 6) is 0.751. The first-order valence-corrected chi connectivity index (χ1v) is 14.2. The Labute approximate surface area is 215 Å². The molecule has 0 spiro atoms. The average molecular weight is 525 g/mol. The van der Waals surface area contributed by atoms with Crippen molar-refractivity contribution in [2.75, 3.05) is 51.3 Å². The van der Waals surface area contributed by atoms with Crippen LogP contribution < -0.4 is 9.64 Å². The summed E-state index contributed by atoms with van der Waals surface area (Å²) in [6, 6.07) is 12.4. The Morgan fingerprint density at radius 2 is 1.94 bits per heavy atom. The van der Waals surface area contributed by atoms with Gasteiger partial charge in [-0.2, -0.15) is 19.5 Å². The van der Waals surface area contributed by atoms with Crippen LogP contribution in [-0.2, 0) is 10.0 Å². The lowest BCUT2D eigenvalue weighted by Crippen LogP contribution is -2.48. The molecular formula is C25H28N6O3S2. The quantitative estimate of drug-likeness (QED) is 0.464. The number of likely N-dealkylation sites (tertiary alicyclic amines) is 1. The Hall–Kier alpha value is -3.04. The zero-order valence-electron chi connectivity index (χ0n) is 20.1. The monoisotopic (exact) mass is 524 g/mol. The van der Waals surface area contributed by atoms with Gasteiger partial charge in [0.1, 0.15) is 17.3 Å². The fourth-order valence-electron chi connectivity index (χ4n) is 4.66. The second kappa shape index (κ2) is 10.1. The molecule has 0 aliphatic carbocycles. The van der Waals surface area contributed by atoms with Crippen LogP contribution in [0.1, 0.15) is 18.4 Å². The summed E-state index contributed by atoms with van der Waals surface area (Å²) in [6.07, 6.45) is 2.25. The van der Waals surface area contributed by atoms with Crippen molar-refractivity contribution in [3.63, 3.8) is 0 Å². The van der Waals surface area contributed by atoms with Crippen LogP contribution in [0.4, 0.5) is 5.82 Å². The van der Waals surface area contributed by atoms with Gasteiger partial charge in [0.2, 0.25) is 10.0 Å². The predicted molar refractivity (Wildman–Crippen MR) is 142 cm³/mol. The van der Waals surface area contributed by atoms with E-state index < -0.39 is 10.0 Å². The number of thiophene rings is 1. The molecule has 2 saturated heterocycles. The second-order valence-electron chi connectivity index (χ2n) is 9.03. The van der Waals surface area contributed by atoms with Crippen molar-refractivity contribution in [3.8, 4) is 22.5 Å². The summed E-state index contributed by atoms with van der Waals surface area (Å²) >= 11 is 1.55. The largest absolute Gasteiger partial charge is 0.462 e. The summed E-state index contributed by atoms with van der Waals surface area (Å²) in [4.78, 5) is 15.8. The highest BCUT2D eigenvalue weighted by atomic mass is 32.2. The van der Waals surface area contributed by atoms with Crippen LogP contribution in [0.15, 0.2) is 42.3 Å². The molecule has 188 valence electrons. The summed E-state index contributed by atoms with van der Waals surface area (Å²) in [5.41, 5.74) is 1.61. The van der Waals surface area contributed by atoms with E-state index in [0.717, 1.165) is 51.3 Å². The molecule has 0 N–H and O–H groups in total. The number of nitrogens with zero attached hydrogens (tertiary/aromatic N) is 6. The molecule has 1 aromatic carbocycles. The molecule has 1 atom stereocenters. The van der Waals surface area contributed by atoms with E-state index >= 15 is 0 Å². The molecule has 0 bridgehead atoms. The second-order valence-corrected chi connectivity index (χ2v) is 11.9. The van der Waals surface area contributed by atoms with Crippen molar-refractivity contribution in [1.29, 1.82) is 5.26 Å². The number of fused-ring (bicyclic) bond motifs is 1. The van der Waals surface area contributed by atoms with Gasteiger partial charge in [-0.15, -0.1) is 11.3 Å². The maximum atomic E-state index is 12.2. The van der Waals surface area contributed by atoms with Crippen LogP contribution in [-0.4, -0.2) is 80.0 Å². The minimum atomic E-state index is -3.45. The standard InChI is InChI=1S/C25H28N6O3S2/c1-3-36(32,33)31-13-11-30(12-14-31)23-21-15-22(19-8-6-18(16-26)7-9-19)35-24(21)28-25(27-23)34-17-20-5-4-10-29(20)2/h3,6-9,15,20H,1,4-5,10-14,17H2,2H3/t20-/m1/s1. The van der Waals surface area contributed by atoms with Gasteiger partial charge in [-0.05, 0) is 50.2 Å². The first-order valence-electron chi connectivity index (χ1n) is 11.9. The molecule has 2 aliphatic rings. The molecule has 9 nitrogen and oxygen atoms in total. The Morgan fingerprint density at radius 1 is 1.19 bits per heavy atom.